The van der Waals surface area contributed by atoms with Gasteiger partial charge in [-0.25, -0.2) is 8.78 Å². The van der Waals surface area contributed by atoms with Crippen LogP contribution in [0.3, 0.4) is 0 Å². The first kappa shape index (κ1) is 20.5. The van der Waals surface area contributed by atoms with Crippen LogP contribution in [0.4, 0.5) is 20.2 Å². The van der Waals surface area contributed by atoms with Gasteiger partial charge in [-0.1, -0.05) is 6.07 Å². The monoisotopic (exact) mass is 412 g/mol. The van der Waals surface area contributed by atoms with Crippen LogP contribution in [0, 0.1) is 11.6 Å². The minimum Gasteiger partial charge on any atom is -0.325 e. The SMILES string of the molecule is CC(Sc1cccc(NC(=O)c2ccc(F)cc2)c1)C(=O)Nc1ccc(F)cc1. The van der Waals surface area contributed by atoms with Gasteiger partial charge < -0.3 is 10.6 Å². The molecule has 0 aliphatic heterocycles. The fraction of sp³-hybridized carbons (Fsp3) is 0.0909. The lowest BCUT2D eigenvalue weighted by Crippen LogP contribution is -2.22. The second-order valence-electron chi connectivity index (χ2n) is 6.25. The van der Waals surface area contributed by atoms with Gasteiger partial charge in [-0.15, -0.1) is 11.8 Å². The van der Waals surface area contributed by atoms with Gasteiger partial charge in [-0.3, -0.25) is 9.59 Å². The van der Waals surface area contributed by atoms with Crippen molar-refractivity contribution in [2.24, 2.45) is 0 Å². The van der Waals surface area contributed by atoms with Gasteiger partial charge in [0.15, 0.2) is 0 Å². The second kappa shape index (κ2) is 9.34. The van der Waals surface area contributed by atoms with E-state index in [9.17, 15) is 18.4 Å². The molecule has 0 saturated heterocycles. The summed E-state index contributed by atoms with van der Waals surface area (Å²) in [6.45, 7) is 1.76. The van der Waals surface area contributed by atoms with Crippen molar-refractivity contribution in [1.82, 2.24) is 0 Å². The number of benzene rings is 3. The van der Waals surface area contributed by atoms with Crippen LogP contribution < -0.4 is 10.6 Å². The first-order chi connectivity index (χ1) is 13.9. The van der Waals surface area contributed by atoms with Crippen molar-refractivity contribution in [2.75, 3.05) is 10.6 Å². The molecule has 4 nitrogen and oxygen atoms in total. The maximum atomic E-state index is 13.0. The molecule has 2 amide bonds. The molecule has 3 aromatic carbocycles. The lowest BCUT2D eigenvalue weighted by atomic mass is 10.2. The highest BCUT2D eigenvalue weighted by Crippen LogP contribution is 2.27. The van der Waals surface area contributed by atoms with Crippen LogP contribution in [0.15, 0.2) is 77.7 Å². The van der Waals surface area contributed by atoms with Crippen LogP contribution in [-0.4, -0.2) is 17.1 Å². The molecule has 0 aliphatic carbocycles. The van der Waals surface area contributed by atoms with E-state index in [0.717, 1.165) is 4.90 Å². The Hall–Kier alpha value is -3.19. The maximum Gasteiger partial charge on any atom is 0.255 e. The van der Waals surface area contributed by atoms with Gasteiger partial charge in [-0.05, 0) is 73.7 Å². The topological polar surface area (TPSA) is 58.2 Å². The molecular formula is C22H18F2N2O2S. The third-order valence-corrected chi connectivity index (χ3v) is 5.09. The van der Waals surface area contributed by atoms with E-state index < -0.39 is 11.1 Å². The minimum absolute atomic E-state index is 0.220. The molecule has 0 radical (unpaired) electrons. The van der Waals surface area contributed by atoms with Crippen molar-refractivity contribution in [3.63, 3.8) is 0 Å². The summed E-state index contributed by atoms with van der Waals surface area (Å²) in [5, 5.41) is 5.08. The first-order valence-corrected chi connectivity index (χ1v) is 9.69. The Morgan fingerprint density at radius 1 is 0.828 bits per heavy atom. The zero-order valence-electron chi connectivity index (χ0n) is 15.5. The summed E-state index contributed by atoms with van der Waals surface area (Å²) in [6, 6.07) is 17.9. The Bertz CT molecular complexity index is 1010. The van der Waals surface area contributed by atoms with E-state index in [2.05, 4.69) is 10.6 Å². The van der Waals surface area contributed by atoms with Crippen LogP contribution in [0.1, 0.15) is 17.3 Å². The third kappa shape index (κ3) is 5.89. The summed E-state index contributed by atoms with van der Waals surface area (Å²) in [5.74, 6) is -1.35. The molecule has 0 spiro atoms. The normalized spacial score (nSPS) is 11.6. The van der Waals surface area contributed by atoms with Crippen molar-refractivity contribution in [3.05, 3.63) is 90.0 Å². The number of halogens is 2. The number of hydrogen-bond donors (Lipinski definition) is 2. The molecule has 29 heavy (non-hydrogen) atoms. The average Bonchev–Trinajstić information content (AvgIpc) is 2.70. The van der Waals surface area contributed by atoms with Crippen molar-refractivity contribution < 1.29 is 18.4 Å². The summed E-state index contributed by atoms with van der Waals surface area (Å²) < 4.78 is 25.9. The lowest BCUT2D eigenvalue weighted by Gasteiger charge is -2.13. The van der Waals surface area contributed by atoms with E-state index in [0.29, 0.717) is 16.9 Å². The van der Waals surface area contributed by atoms with Crippen LogP contribution in [0.5, 0.6) is 0 Å². The number of anilines is 2. The summed E-state index contributed by atoms with van der Waals surface area (Å²) in [4.78, 5) is 25.4. The standard InChI is InChI=1S/C22H18F2N2O2S/c1-14(21(27)25-18-11-9-17(24)10-12-18)29-20-4-2-3-19(13-20)26-22(28)15-5-7-16(23)8-6-15/h2-14H,1H3,(H,25,27)(H,26,28). The summed E-state index contributed by atoms with van der Waals surface area (Å²) in [5.41, 5.74) is 1.43. The number of carbonyl (C=O) groups excluding carboxylic acids is 2. The quantitative estimate of drug-likeness (QED) is 0.538. The predicted molar refractivity (Wildman–Crippen MR) is 111 cm³/mol. The highest BCUT2D eigenvalue weighted by Gasteiger charge is 2.15. The highest BCUT2D eigenvalue weighted by atomic mass is 32.2. The lowest BCUT2D eigenvalue weighted by molar-refractivity contribution is -0.115. The second-order valence-corrected chi connectivity index (χ2v) is 7.66. The molecule has 0 aromatic heterocycles. The molecule has 0 saturated carbocycles. The Balaban J connectivity index is 1.61. The molecule has 0 heterocycles. The van der Waals surface area contributed by atoms with E-state index in [1.807, 2.05) is 6.07 Å². The highest BCUT2D eigenvalue weighted by molar-refractivity contribution is 8.00. The summed E-state index contributed by atoms with van der Waals surface area (Å²) >= 11 is 1.33. The van der Waals surface area contributed by atoms with Crippen LogP contribution in [0.25, 0.3) is 0 Å². The average molecular weight is 412 g/mol. The molecule has 0 aliphatic rings. The van der Waals surface area contributed by atoms with Crippen LogP contribution >= 0.6 is 11.8 Å². The fourth-order valence-electron chi connectivity index (χ4n) is 2.49. The van der Waals surface area contributed by atoms with Crippen LogP contribution in [-0.2, 0) is 4.79 Å². The van der Waals surface area contributed by atoms with E-state index in [-0.39, 0.29) is 17.6 Å². The van der Waals surface area contributed by atoms with Crippen molar-refractivity contribution in [3.8, 4) is 0 Å². The molecule has 7 heteroatoms. The Kier molecular flexibility index (Phi) is 6.61. The van der Waals surface area contributed by atoms with E-state index in [1.54, 1.807) is 25.1 Å². The number of nitrogens with one attached hydrogen (secondary N) is 2. The summed E-state index contributed by atoms with van der Waals surface area (Å²) in [7, 11) is 0. The number of rotatable bonds is 6. The zero-order chi connectivity index (χ0) is 20.8. The fourth-order valence-corrected chi connectivity index (χ4v) is 3.41. The third-order valence-electron chi connectivity index (χ3n) is 3.99. The zero-order valence-corrected chi connectivity index (χ0v) is 16.3. The molecule has 3 aromatic rings. The number of thioether (sulfide) groups is 1. The number of carbonyl (C=O) groups is 2. The van der Waals surface area contributed by atoms with Gasteiger partial charge in [-0.2, -0.15) is 0 Å². The smallest absolute Gasteiger partial charge is 0.255 e. The first-order valence-electron chi connectivity index (χ1n) is 8.81. The van der Waals surface area contributed by atoms with Gasteiger partial charge in [0.1, 0.15) is 11.6 Å². The maximum absolute atomic E-state index is 13.0. The van der Waals surface area contributed by atoms with Gasteiger partial charge in [0.2, 0.25) is 5.91 Å². The van der Waals surface area contributed by atoms with E-state index in [4.69, 9.17) is 0 Å². The molecule has 1 unspecified atom stereocenters. The van der Waals surface area contributed by atoms with Crippen LogP contribution in [0.2, 0.25) is 0 Å². The Morgan fingerprint density at radius 3 is 2.10 bits per heavy atom. The van der Waals surface area contributed by atoms with Crippen molar-refractivity contribution in [2.45, 2.75) is 17.1 Å². The number of amides is 2. The molecule has 3 rings (SSSR count). The Morgan fingerprint density at radius 2 is 1.45 bits per heavy atom. The minimum atomic E-state index is -0.414. The van der Waals surface area contributed by atoms with Gasteiger partial charge in [0.05, 0.1) is 5.25 Å². The van der Waals surface area contributed by atoms with E-state index >= 15 is 0 Å². The molecule has 1 atom stereocenters. The number of hydrogen-bond acceptors (Lipinski definition) is 3. The molecule has 2 N–H and O–H groups in total. The van der Waals surface area contributed by atoms with Crippen molar-refractivity contribution in [1.29, 1.82) is 0 Å². The Labute approximate surface area is 171 Å². The molecule has 148 valence electrons. The van der Waals surface area contributed by atoms with E-state index in [1.165, 1.54) is 60.3 Å². The summed E-state index contributed by atoms with van der Waals surface area (Å²) in [6.07, 6.45) is 0. The van der Waals surface area contributed by atoms with Gasteiger partial charge in [0.25, 0.3) is 5.91 Å². The largest absolute Gasteiger partial charge is 0.325 e. The van der Waals surface area contributed by atoms with Gasteiger partial charge >= 0.3 is 0 Å². The molecule has 0 fully saturated rings. The van der Waals surface area contributed by atoms with Crippen molar-refractivity contribution >= 4 is 35.0 Å². The molecular weight excluding hydrogens is 394 g/mol. The predicted octanol–water partition coefficient (Wildman–Crippen LogP) is 5.34. The molecule has 0 bridgehead atoms. The van der Waals surface area contributed by atoms with Gasteiger partial charge in [0, 0.05) is 21.8 Å².